The topological polar surface area (TPSA) is 82.9 Å². The number of piperidine rings is 1. The highest BCUT2D eigenvalue weighted by atomic mass is 19.1. The molecule has 1 aromatic carbocycles. The van der Waals surface area contributed by atoms with Gasteiger partial charge in [-0.25, -0.2) is 4.39 Å². The maximum absolute atomic E-state index is 14.8. The maximum atomic E-state index is 14.8. The van der Waals surface area contributed by atoms with E-state index >= 15 is 0 Å². The first-order valence-corrected chi connectivity index (χ1v) is 13.1. The minimum Gasteiger partial charge on any atom is -0.497 e. The van der Waals surface area contributed by atoms with Gasteiger partial charge >= 0.3 is 5.97 Å². The summed E-state index contributed by atoms with van der Waals surface area (Å²) in [4.78, 5) is 18.4. The van der Waals surface area contributed by atoms with Crippen molar-refractivity contribution >= 4 is 16.9 Å². The van der Waals surface area contributed by atoms with Crippen LogP contribution in [-0.2, 0) is 4.79 Å². The van der Waals surface area contributed by atoms with Crippen molar-refractivity contribution in [1.29, 1.82) is 0 Å². The number of hydrogen-bond acceptors (Lipinski definition) is 5. The zero-order chi connectivity index (χ0) is 24.8. The molecule has 1 saturated heterocycles. The van der Waals surface area contributed by atoms with Gasteiger partial charge in [0.1, 0.15) is 11.6 Å². The van der Waals surface area contributed by atoms with Gasteiger partial charge in [0.15, 0.2) is 0 Å². The van der Waals surface area contributed by atoms with Crippen LogP contribution >= 0.6 is 0 Å². The average molecular weight is 487 g/mol. The van der Waals surface area contributed by atoms with Gasteiger partial charge in [0.2, 0.25) is 0 Å². The van der Waals surface area contributed by atoms with Gasteiger partial charge in [0.05, 0.1) is 31.3 Å². The van der Waals surface area contributed by atoms with Crippen LogP contribution in [0.25, 0.3) is 10.9 Å². The van der Waals surface area contributed by atoms with Gasteiger partial charge in [-0.3, -0.25) is 9.78 Å². The first-order valence-electron chi connectivity index (χ1n) is 13.1. The molecule has 35 heavy (non-hydrogen) atoms. The third-order valence-corrected chi connectivity index (χ3v) is 8.37. The van der Waals surface area contributed by atoms with E-state index < -0.39 is 17.9 Å². The van der Waals surface area contributed by atoms with E-state index in [4.69, 9.17) is 4.74 Å². The number of aromatic nitrogens is 1. The molecule has 0 unspecified atom stereocenters. The molecule has 0 bridgehead atoms. The highest BCUT2D eigenvalue weighted by Gasteiger charge is 2.37. The fourth-order valence-electron chi connectivity index (χ4n) is 6.15. The number of carboxylic acids is 1. The number of hydrogen-bond donors (Lipinski definition) is 2. The predicted molar refractivity (Wildman–Crippen MR) is 134 cm³/mol. The number of methoxy groups -OCH3 is 1. The van der Waals surface area contributed by atoms with Gasteiger partial charge in [-0.1, -0.05) is 32.1 Å². The Morgan fingerprint density at radius 1 is 1.26 bits per heavy atom. The number of benzene rings is 1. The number of likely N-dealkylation sites (tertiary alicyclic amines) is 1. The zero-order valence-electron chi connectivity index (χ0n) is 20.8. The maximum Gasteiger partial charge on any atom is 0.303 e. The summed E-state index contributed by atoms with van der Waals surface area (Å²) >= 11 is 0. The smallest absolute Gasteiger partial charge is 0.303 e. The molecule has 4 rings (SSSR count). The van der Waals surface area contributed by atoms with Crippen LogP contribution in [0.5, 0.6) is 5.75 Å². The lowest BCUT2D eigenvalue weighted by Gasteiger charge is -2.42. The molecule has 1 aliphatic carbocycles. The van der Waals surface area contributed by atoms with Gasteiger partial charge < -0.3 is 19.8 Å². The first-order chi connectivity index (χ1) is 16.9. The van der Waals surface area contributed by atoms with Crippen molar-refractivity contribution in [1.82, 2.24) is 9.88 Å². The summed E-state index contributed by atoms with van der Waals surface area (Å²) in [7, 11) is 1.54. The molecule has 0 amide bonds. The Morgan fingerprint density at radius 2 is 2.00 bits per heavy atom. The molecule has 2 fully saturated rings. The molecule has 0 radical (unpaired) electrons. The molecule has 1 aliphatic heterocycles. The number of ether oxygens (including phenoxy) is 1. The van der Waals surface area contributed by atoms with Gasteiger partial charge in [0, 0.05) is 10.9 Å². The number of halogens is 1. The number of aliphatic hydroxyl groups is 1. The number of pyridine rings is 1. The third-order valence-electron chi connectivity index (χ3n) is 8.37. The molecule has 2 aliphatic rings. The molecular formula is C28H39FN2O4. The molecular weight excluding hydrogens is 447 g/mol. The summed E-state index contributed by atoms with van der Waals surface area (Å²) in [6, 6.07) is 5.20. The lowest BCUT2D eigenvalue weighted by Crippen LogP contribution is -2.42. The Bertz CT molecular complexity index is 1000. The number of nitrogens with zero attached hydrogens (tertiary/aromatic N) is 2. The van der Waals surface area contributed by atoms with E-state index in [0.717, 1.165) is 44.6 Å². The molecule has 2 aromatic rings. The molecule has 2 heterocycles. The number of aliphatic hydroxyl groups excluding tert-OH is 1. The second-order valence-corrected chi connectivity index (χ2v) is 10.7. The van der Waals surface area contributed by atoms with E-state index in [9.17, 15) is 19.4 Å². The highest BCUT2D eigenvalue weighted by Crippen LogP contribution is 2.42. The van der Waals surface area contributed by atoms with E-state index in [2.05, 4.69) is 9.88 Å². The van der Waals surface area contributed by atoms with Crippen molar-refractivity contribution in [3.8, 4) is 5.75 Å². The van der Waals surface area contributed by atoms with E-state index in [1.807, 2.05) is 0 Å². The lowest BCUT2D eigenvalue weighted by atomic mass is 9.71. The van der Waals surface area contributed by atoms with Crippen molar-refractivity contribution in [3.05, 3.63) is 35.8 Å². The quantitative estimate of drug-likeness (QED) is 0.447. The van der Waals surface area contributed by atoms with Crippen molar-refractivity contribution in [2.45, 2.75) is 76.7 Å². The van der Waals surface area contributed by atoms with Crippen LogP contribution in [0.4, 0.5) is 4.39 Å². The molecule has 7 heteroatoms. The Balaban J connectivity index is 1.40. The molecule has 6 nitrogen and oxygen atoms in total. The van der Waals surface area contributed by atoms with Crippen LogP contribution in [-0.4, -0.2) is 52.8 Å². The van der Waals surface area contributed by atoms with Gasteiger partial charge in [-0.05, 0) is 81.3 Å². The summed E-state index contributed by atoms with van der Waals surface area (Å²) in [5.74, 6) is 0.0538. The molecule has 192 valence electrons. The first kappa shape index (κ1) is 25.8. The van der Waals surface area contributed by atoms with Gasteiger partial charge in [-0.2, -0.15) is 0 Å². The summed E-state index contributed by atoms with van der Waals surface area (Å²) in [5.41, 5.74) is 0.433. The van der Waals surface area contributed by atoms with Crippen molar-refractivity contribution in [2.24, 2.45) is 11.3 Å². The van der Waals surface area contributed by atoms with Crippen LogP contribution < -0.4 is 4.74 Å². The van der Waals surface area contributed by atoms with Crippen LogP contribution in [0, 0.1) is 17.2 Å². The largest absolute Gasteiger partial charge is 0.497 e. The number of aliphatic carboxylic acids is 1. The second-order valence-electron chi connectivity index (χ2n) is 10.7. The lowest BCUT2D eigenvalue weighted by molar-refractivity contribution is -0.141. The molecule has 1 aromatic heterocycles. The van der Waals surface area contributed by atoms with E-state index in [1.165, 1.54) is 38.5 Å². The normalized spacial score (nSPS) is 20.1. The third kappa shape index (κ3) is 6.50. The number of fused-ring (bicyclic) bond motifs is 1. The summed E-state index contributed by atoms with van der Waals surface area (Å²) in [6.07, 6.45) is 10.7. The zero-order valence-corrected chi connectivity index (χ0v) is 20.8. The van der Waals surface area contributed by atoms with Gasteiger partial charge in [-0.15, -0.1) is 0 Å². The molecule has 0 spiro atoms. The fourth-order valence-corrected chi connectivity index (χ4v) is 6.15. The minimum absolute atomic E-state index is 0.0869. The Labute approximate surface area is 207 Å². The van der Waals surface area contributed by atoms with E-state index in [1.54, 1.807) is 25.3 Å². The number of carboxylic acid groups (broad SMARTS) is 1. The van der Waals surface area contributed by atoms with Crippen LogP contribution in [0.15, 0.2) is 24.4 Å². The standard InChI is InChI=1S/C28H39FN2O4/c1-35-21-7-8-24-22(17-21)27(23(29)19-30-24)25(32)9-11-28(18-26(33)34)12-15-31(16-13-28)14-10-20-5-3-2-4-6-20/h7-8,17,19-20,25,32H,2-6,9-16,18H2,1H3,(H,33,34)/t25-/m0/s1. The van der Waals surface area contributed by atoms with Crippen molar-refractivity contribution in [3.63, 3.8) is 0 Å². The summed E-state index contributed by atoms with van der Waals surface area (Å²) in [5, 5.41) is 21.2. The van der Waals surface area contributed by atoms with Crippen LogP contribution in [0.2, 0.25) is 0 Å². The average Bonchev–Trinajstić information content (AvgIpc) is 2.87. The minimum atomic E-state index is -1.04. The van der Waals surface area contributed by atoms with Crippen LogP contribution in [0.1, 0.15) is 82.3 Å². The Kier molecular flexibility index (Phi) is 8.60. The SMILES string of the molecule is COc1ccc2ncc(F)c([C@@H](O)CCC3(CC(=O)O)CCN(CCC4CCCCC4)CC3)c2c1. The summed E-state index contributed by atoms with van der Waals surface area (Å²) < 4.78 is 20.1. The predicted octanol–water partition coefficient (Wildman–Crippen LogP) is 5.72. The Morgan fingerprint density at radius 3 is 2.69 bits per heavy atom. The Hall–Kier alpha value is -2.25. The second kappa shape index (κ2) is 11.7. The number of carbonyl (C=O) groups is 1. The van der Waals surface area contributed by atoms with Crippen molar-refractivity contribution in [2.75, 3.05) is 26.7 Å². The van der Waals surface area contributed by atoms with Crippen molar-refractivity contribution < 1.29 is 24.1 Å². The monoisotopic (exact) mass is 486 g/mol. The number of rotatable bonds is 10. The highest BCUT2D eigenvalue weighted by molar-refractivity contribution is 5.84. The summed E-state index contributed by atoms with van der Waals surface area (Å²) in [6.45, 7) is 2.87. The van der Waals surface area contributed by atoms with Gasteiger partial charge in [0.25, 0.3) is 0 Å². The molecule has 1 saturated carbocycles. The van der Waals surface area contributed by atoms with Crippen LogP contribution in [0.3, 0.4) is 0 Å². The van der Waals surface area contributed by atoms with E-state index in [0.29, 0.717) is 29.5 Å². The fraction of sp³-hybridized carbons (Fsp3) is 0.643. The van der Waals surface area contributed by atoms with E-state index in [-0.39, 0.29) is 17.4 Å². The molecule has 1 atom stereocenters. The molecule has 2 N–H and O–H groups in total.